The summed E-state index contributed by atoms with van der Waals surface area (Å²) in [6, 6.07) is 7.62. The molecule has 0 spiro atoms. The van der Waals surface area contributed by atoms with Crippen LogP contribution in [0.4, 0.5) is 5.69 Å². The monoisotopic (exact) mass is 369 g/mol. The van der Waals surface area contributed by atoms with E-state index in [0.29, 0.717) is 12.8 Å². The van der Waals surface area contributed by atoms with Gasteiger partial charge in [-0.05, 0) is 63.0 Å². The highest BCUT2D eigenvalue weighted by Crippen LogP contribution is 2.29. The van der Waals surface area contributed by atoms with Crippen molar-refractivity contribution in [2.75, 3.05) is 32.0 Å². The van der Waals surface area contributed by atoms with Gasteiger partial charge in [0.25, 0.3) is 5.91 Å². The van der Waals surface area contributed by atoms with Crippen molar-refractivity contribution in [1.82, 2.24) is 20.0 Å². The lowest BCUT2D eigenvalue weighted by molar-refractivity contribution is -0.143. The summed E-state index contributed by atoms with van der Waals surface area (Å²) in [5.41, 5.74) is 2.20. The van der Waals surface area contributed by atoms with Gasteiger partial charge in [0.1, 0.15) is 5.54 Å². The van der Waals surface area contributed by atoms with Gasteiger partial charge < -0.3 is 15.5 Å². The van der Waals surface area contributed by atoms with Crippen LogP contribution < -0.4 is 10.6 Å². The lowest BCUT2D eigenvalue weighted by Gasteiger charge is -2.39. The average Bonchev–Trinajstić information content (AvgIpc) is 3.20. The number of anilines is 1. The van der Waals surface area contributed by atoms with Gasteiger partial charge in [0, 0.05) is 25.1 Å². The van der Waals surface area contributed by atoms with E-state index in [1.807, 2.05) is 44.3 Å². The van der Waals surface area contributed by atoms with Crippen molar-refractivity contribution in [3.05, 3.63) is 47.8 Å². The Morgan fingerprint density at radius 1 is 1.26 bits per heavy atom. The Labute approximate surface area is 159 Å². The number of carbonyl (C=O) groups is 2. The summed E-state index contributed by atoms with van der Waals surface area (Å²) in [6.45, 7) is 5.47. The topological polar surface area (TPSA) is 79.3 Å². The summed E-state index contributed by atoms with van der Waals surface area (Å²) in [5, 5.41) is 10.5. The molecule has 0 unspecified atom stereocenters. The van der Waals surface area contributed by atoms with E-state index < -0.39 is 5.54 Å². The van der Waals surface area contributed by atoms with E-state index in [9.17, 15) is 9.59 Å². The van der Waals surface area contributed by atoms with E-state index in [2.05, 4.69) is 15.7 Å². The van der Waals surface area contributed by atoms with Crippen molar-refractivity contribution in [3.8, 4) is 0 Å². The fourth-order valence-corrected chi connectivity index (χ4v) is 3.62. The Bertz CT molecular complexity index is 810. The predicted molar refractivity (Wildman–Crippen MR) is 104 cm³/mol. The zero-order valence-corrected chi connectivity index (χ0v) is 16.2. The maximum absolute atomic E-state index is 13.3. The first-order valence-electron chi connectivity index (χ1n) is 9.26. The Hall–Kier alpha value is -2.67. The van der Waals surface area contributed by atoms with Crippen LogP contribution in [0, 0.1) is 13.8 Å². The largest absolute Gasteiger partial charge is 0.334 e. The van der Waals surface area contributed by atoms with Gasteiger partial charge >= 0.3 is 0 Å². The minimum atomic E-state index is -0.733. The molecule has 7 heteroatoms. The van der Waals surface area contributed by atoms with Gasteiger partial charge in [-0.1, -0.05) is 12.1 Å². The van der Waals surface area contributed by atoms with Crippen LogP contribution in [0.1, 0.15) is 24.0 Å². The highest BCUT2D eigenvalue weighted by atomic mass is 16.2. The second kappa shape index (κ2) is 7.92. The highest BCUT2D eigenvalue weighted by Gasteiger charge is 2.43. The summed E-state index contributed by atoms with van der Waals surface area (Å²) < 4.78 is 1.75. The number of aromatic nitrogens is 2. The van der Waals surface area contributed by atoms with Gasteiger partial charge in [-0.15, -0.1) is 0 Å². The van der Waals surface area contributed by atoms with Crippen LogP contribution in [0.3, 0.4) is 0 Å². The van der Waals surface area contributed by atoms with E-state index in [1.54, 1.807) is 17.9 Å². The van der Waals surface area contributed by atoms with Gasteiger partial charge in [0.05, 0.1) is 6.54 Å². The number of hydrogen-bond donors (Lipinski definition) is 2. The number of likely N-dealkylation sites (N-methyl/N-ethyl adjacent to an activating group) is 1. The molecule has 27 heavy (non-hydrogen) atoms. The number of rotatable bonds is 5. The molecule has 7 nitrogen and oxygen atoms in total. The molecule has 0 aliphatic carbocycles. The van der Waals surface area contributed by atoms with Gasteiger partial charge in [0.15, 0.2) is 0 Å². The third-order valence-corrected chi connectivity index (χ3v) is 5.38. The second-order valence-corrected chi connectivity index (χ2v) is 7.19. The van der Waals surface area contributed by atoms with Crippen molar-refractivity contribution in [1.29, 1.82) is 0 Å². The van der Waals surface area contributed by atoms with Crippen molar-refractivity contribution < 1.29 is 9.59 Å². The average molecular weight is 369 g/mol. The number of amides is 2. The minimum absolute atomic E-state index is 0.00264. The first-order chi connectivity index (χ1) is 12.9. The van der Waals surface area contributed by atoms with Gasteiger partial charge in [0.2, 0.25) is 5.91 Å². The molecule has 2 heterocycles. The molecular formula is C20H27N5O2. The lowest BCUT2D eigenvalue weighted by atomic mass is 9.87. The van der Waals surface area contributed by atoms with Crippen LogP contribution in [0.2, 0.25) is 0 Å². The molecule has 0 atom stereocenters. The van der Waals surface area contributed by atoms with Crippen molar-refractivity contribution >= 4 is 17.5 Å². The molecular weight excluding hydrogens is 342 g/mol. The van der Waals surface area contributed by atoms with Gasteiger partial charge in [-0.2, -0.15) is 5.10 Å². The number of carbonyl (C=O) groups excluding carboxylic acids is 2. The smallest absolute Gasteiger partial charge is 0.250 e. The van der Waals surface area contributed by atoms with Gasteiger partial charge in [-0.25, -0.2) is 0 Å². The molecule has 2 N–H and O–H groups in total. The predicted octanol–water partition coefficient (Wildman–Crippen LogP) is 1.68. The molecule has 0 radical (unpaired) electrons. The molecule has 2 aromatic rings. The molecule has 144 valence electrons. The van der Waals surface area contributed by atoms with Crippen LogP contribution in [0.25, 0.3) is 0 Å². The first kappa shape index (κ1) is 19.1. The molecule has 1 saturated heterocycles. The number of nitrogens with one attached hydrogen (secondary N) is 2. The zero-order chi connectivity index (χ0) is 19.4. The molecule has 1 aliphatic rings. The number of piperidine rings is 1. The number of benzene rings is 1. The van der Waals surface area contributed by atoms with Crippen LogP contribution in [-0.4, -0.2) is 53.2 Å². The fourth-order valence-electron chi connectivity index (χ4n) is 3.62. The molecule has 1 fully saturated rings. The van der Waals surface area contributed by atoms with Crippen LogP contribution in [0.5, 0.6) is 0 Å². The lowest BCUT2D eigenvalue weighted by Crippen LogP contribution is -2.55. The van der Waals surface area contributed by atoms with Crippen LogP contribution >= 0.6 is 0 Å². The Kier molecular flexibility index (Phi) is 5.60. The summed E-state index contributed by atoms with van der Waals surface area (Å²) in [4.78, 5) is 27.3. The number of aryl methyl sites for hydroxylation is 1. The third kappa shape index (κ3) is 3.88. The molecule has 0 bridgehead atoms. The summed E-state index contributed by atoms with van der Waals surface area (Å²) in [5.74, 6) is -0.284. The summed E-state index contributed by atoms with van der Waals surface area (Å²) in [7, 11) is 1.68. The molecule has 3 rings (SSSR count). The second-order valence-electron chi connectivity index (χ2n) is 7.19. The number of nitrogens with zero attached hydrogens (tertiary/aromatic N) is 3. The molecule has 1 aliphatic heterocycles. The minimum Gasteiger partial charge on any atom is -0.334 e. The Morgan fingerprint density at radius 2 is 2.00 bits per heavy atom. The van der Waals surface area contributed by atoms with E-state index in [1.165, 1.54) is 4.90 Å². The maximum atomic E-state index is 13.3. The van der Waals surface area contributed by atoms with E-state index in [0.717, 1.165) is 29.9 Å². The van der Waals surface area contributed by atoms with E-state index in [-0.39, 0.29) is 18.4 Å². The fraction of sp³-hybridized carbons (Fsp3) is 0.450. The maximum Gasteiger partial charge on any atom is 0.250 e. The van der Waals surface area contributed by atoms with Crippen LogP contribution in [-0.2, 0) is 15.1 Å². The molecule has 1 aromatic carbocycles. The Balaban J connectivity index is 1.72. The molecule has 0 saturated carbocycles. The van der Waals surface area contributed by atoms with Gasteiger partial charge in [-0.3, -0.25) is 14.3 Å². The zero-order valence-electron chi connectivity index (χ0n) is 16.2. The number of hydrogen-bond acceptors (Lipinski definition) is 4. The van der Waals surface area contributed by atoms with Crippen LogP contribution in [0.15, 0.2) is 36.7 Å². The summed E-state index contributed by atoms with van der Waals surface area (Å²) >= 11 is 0. The Morgan fingerprint density at radius 3 is 2.67 bits per heavy atom. The molecule has 1 aromatic heterocycles. The quantitative estimate of drug-likeness (QED) is 0.840. The standard InChI is InChI=1S/C20H27N5O2/c1-15-6-4-7-17(16(15)2)23-18(26)14-24(3)19(27)20(8-11-21-12-9-20)25-13-5-10-22-25/h4-7,10,13,21H,8-9,11-12,14H2,1-3H3,(H,23,26). The van der Waals surface area contributed by atoms with Crippen molar-refractivity contribution in [2.45, 2.75) is 32.2 Å². The SMILES string of the molecule is Cc1cccc(NC(=O)CN(C)C(=O)C2(n3cccn3)CCNCC2)c1C. The first-order valence-corrected chi connectivity index (χ1v) is 9.26. The van der Waals surface area contributed by atoms with Crippen molar-refractivity contribution in [3.63, 3.8) is 0 Å². The highest BCUT2D eigenvalue weighted by molar-refractivity contribution is 5.96. The normalized spacial score (nSPS) is 16.0. The third-order valence-electron chi connectivity index (χ3n) is 5.38. The summed E-state index contributed by atoms with van der Waals surface area (Å²) in [6.07, 6.45) is 4.81. The van der Waals surface area contributed by atoms with Crippen molar-refractivity contribution in [2.24, 2.45) is 0 Å². The van der Waals surface area contributed by atoms with E-state index in [4.69, 9.17) is 0 Å². The molecule has 2 amide bonds. The van der Waals surface area contributed by atoms with E-state index >= 15 is 0 Å².